The summed E-state index contributed by atoms with van der Waals surface area (Å²) in [4.78, 5) is 13.5. The lowest BCUT2D eigenvalue weighted by Crippen LogP contribution is -2.50. The van der Waals surface area contributed by atoms with E-state index in [1.54, 1.807) is 19.1 Å². The molecule has 9 heteroatoms. The number of piperazine rings is 1. The highest BCUT2D eigenvalue weighted by atomic mass is 79.9. The van der Waals surface area contributed by atoms with E-state index < -0.39 is 15.8 Å². The number of hydrogen-bond acceptors (Lipinski definition) is 4. The van der Waals surface area contributed by atoms with Crippen LogP contribution in [0.2, 0.25) is 0 Å². The highest BCUT2D eigenvalue weighted by Gasteiger charge is 2.32. The third-order valence-electron chi connectivity index (χ3n) is 3.99. The number of sulfonamides is 1. The van der Waals surface area contributed by atoms with Gasteiger partial charge in [-0.25, -0.2) is 12.8 Å². The van der Waals surface area contributed by atoms with Gasteiger partial charge in [-0.2, -0.15) is 4.31 Å². The quantitative estimate of drug-likeness (QED) is 0.750. The molecule has 0 bridgehead atoms. The standard InChI is InChI=1S/C16H16BrFN2O4S/c1-11-2-5-14(24-11)16(21)19-6-8-20(9-7-19)25(22,23)15-10-12(17)3-4-13(15)18/h2-5,10H,6-9H2,1H3. The molecule has 0 spiro atoms. The van der Waals surface area contributed by atoms with E-state index in [-0.39, 0.29) is 42.7 Å². The number of nitrogens with zero attached hydrogens (tertiary/aromatic N) is 2. The molecule has 0 atom stereocenters. The molecule has 6 nitrogen and oxygen atoms in total. The number of aryl methyl sites for hydroxylation is 1. The Morgan fingerprint density at radius 2 is 1.84 bits per heavy atom. The van der Waals surface area contributed by atoms with Gasteiger partial charge in [-0.05, 0) is 37.3 Å². The van der Waals surface area contributed by atoms with Gasteiger partial charge < -0.3 is 9.32 Å². The van der Waals surface area contributed by atoms with Gasteiger partial charge in [0.15, 0.2) is 5.76 Å². The average Bonchev–Trinajstić information content (AvgIpc) is 3.03. The monoisotopic (exact) mass is 430 g/mol. The second kappa shape index (κ2) is 6.89. The molecule has 1 aromatic carbocycles. The second-order valence-electron chi connectivity index (χ2n) is 5.68. The summed E-state index contributed by atoms with van der Waals surface area (Å²) in [6.45, 7) is 2.37. The van der Waals surface area contributed by atoms with Gasteiger partial charge in [0.2, 0.25) is 10.0 Å². The van der Waals surface area contributed by atoms with Crippen molar-refractivity contribution in [3.05, 3.63) is 52.1 Å². The fraction of sp³-hybridized carbons (Fsp3) is 0.312. The number of hydrogen-bond donors (Lipinski definition) is 0. The molecule has 1 amide bonds. The molecule has 0 saturated carbocycles. The first-order valence-electron chi connectivity index (χ1n) is 7.60. The van der Waals surface area contributed by atoms with E-state index in [0.29, 0.717) is 10.2 Å². The molecule has 1 saturated heterocycles. The van der Waals surface area contributed by atoms with Gasteiger partial charge in [-0.3, -0.25) is 4.79 Å². The Kier molecular flexibility index (Phi) is 4.99. The van der Waals surface area contributed by atoms with Crippen LogP contribution in [0.15, 0.2) is 44.1 Å². The van der Waals surface area contributed by atoms with Crippen LogP contribution in [0.25, 0.3) is 0 Å². The van der Waals surface area contributed by atoms with Crippen LogP contribution in [-0.4, -0.2) is 49.7 Å². The third-order valence-corrected chi connectivity index (χ3v) is 6.39. The largest absolute Gasteiger partial charge is 0.456 e. The van der Waals surface area contributed by atoms with E-state index in [2.05, 4.69) is 15.9 Å². The number of furan rings is 1. The van der Waals surface area contributed by atoms with Crippen molar-refractivity contribution in [2.24, 2.45) is 0 Å². The highest BCUT2D eigenvalue weighted by molar-refractivity contribution is 9.10. The first-order chi connectivity index (χ1) is 11.8. The summed E-state index contributed by atoms with van der Waals surface area (Å²) in [5.74, 6) is -0.215. The predicted molar refractivity (Wildman–Crippen MR) is 92.2 cm³/mol. The maximum Gasteiger partial charge on any atom is 0.289 e. The van der Waals surface area contributed by atoms with Gasteiger partial charge in [0.1, 0.15) is 16.5 Å². The van der Waals surface area contributed by atoms with E-state index in [1.165, 1.54) is 21.3 Å². The van der Waals surface area contributed by atoms with Crippen LogP contribution in [0, 0.1) is 12.7 Å². The Hall–Kier alpha value is -1.71. The van der Waals surface area contributed by atoms with Gasteiger partial charge >= 0.3 is 0 Å². The van der Waals surface area contributed by atoms with Crippen molar-refractivity contribution in [1.29, 1.82) is 0 Å². The van der Waals surface area contributed by atoms with E-state index in [9.17, 15) is 17.6 Å². The van der Waals surface area contributed by atoms with Crippen molar-refractivity contribution >= 4 is 31.9 Å². The number of halogens is 2. The van der Waals surface area contributed by atoms with Crippen molar-refractivity contribution in [2.75, 3.05) is 26.2 Å². The minimum absolute atomic E-state index is 0.0969. The number of amides is 1. The van der Waals surface area contributed by atoms with Crippen molar-refractivity contribution in [2.45, 2.75) is 11.8 Å². The van der Waals surface area contributed by atoms with Crippen LogP contribution >= 0.6 is 15.9 Å². The summed E-state index contributed by atoms with van der Waals surface area (Å²) in [6.07, 6.45) is 0. The molecule has 25 heavy (non-hydrogen) atoms. The summed E-state index contributed by atoms with van der Waals surface area (Å²) < 4.78 is 46.2. The van der Waals surface area contributed by atoms with E-state index in [4.69, 9.17) is 4.42 Å². The summed E-state index contributed by atoms with van der Waals surface area (Å²) in [6, 6.07) is 7.09. The van der Waals surface area contributed by atoms with Crippen molar-refractivity contribution in [3.63, 3.8) is 0 Å². The molecule has 134 valence electrons. The molecule has 3 rings (SSSR count). The molecule has 2 aromatic rings. The third kappa shape index (κ3) is 3.63. The maximum atomic E-state index is 13.9. The zero-order valence-corrected chi connectivity index (χ0v) is 15.8. The van der Waals surface area contributed by atoms with Crippen LogP contribution in [0.1, 0.15) is 16.3 Å². The molecule has 0 unspecified atom stereocenters. The van der Waals surface area contributed by atoms with Gasteiger partial charge in [0.05, 0.1) is 0 Å². The van der Waals surface area contributed by atoms with Crippen LogP contribution in [0.5, 0.6) is 0 Å². The molecule has 0 N–H and O–H groups in total. The van der Waals surface area contributed by atoms with Gasteiger partial charge in [0.25, 0.3) is 5.91 Å². The lowest BCUT2D eigenvalue weighted by Gasteiger charge is -2.33. The minimum atomic E-state index is -3.96. The van der Waals surface area contributed by atoms with E-state index >= 15 is 0 Å². The lowest BCUT2D eigenvalue weighted by atomic mass is 10.3. The smallest absolute Gasteiger partial charge is 0.289 e. The Balaban J connectivity index is 1.73. The zero-order chi connectivity index (χ0) is 18.2. The van der Waals surface area contributed by atoms with Crippen LogP contribution in [0.3, 0.4) is 0 Å². The lowest BCUT2D eigenvalue weighted by molar-refractivity contribution is 0.0664. The molecular formula is C16H16BrFN2O4S. The Labute approximate surface area is 153 Å². The molecule has 1 aromatic heterocycles. The fourth-order valence-electron chi connectivity index (χ4n) is 2.65. The summed E-state index contributed by atoms with van der Waals surface area (Å²) in [5.41, 5.74) is 0. The summed E-state index contributed by atoms with van der Waals surface area (Å²) in [5, 5.41) is 0. The molecule has 1 aliphatic rings. The highest BCUT2D eigenvalue weighted by Crippen LogP contribution is 2.24. The number of carbonyl (C=O) groups excluding carboxylic acids is 1. The first-order valence-corrected chi connectivity index (χ1v) is 9.83. The van der Waals surface area contributed by atoms with E-state index in [0.717, 1.165) is 6.07 Å². The SMILES string of the molecule is Cc1ccc(C(=O)N2CCN(S(=O)(=O)c3cc(Br)ccc3F)CC2)o1. The summed E-state index contributed by atoms with van der Waals surface area (Å²) in [7, 11) is -3.96. The molecule has 0 radical (unpaired) electrons. The molecule has 0 aliphatic carbocycles. The van der Waals surface area contributed by atoms with Crippen molar-refractivity contribution < 1.29 is 22.0 Å². The molecule has 2 heterocycles. The molecule has 1 fully saturated rings. The number of benzene rings is 1. The number of carbonyl (C=O) groups is 1. The Morgan fingerprint density at radius 1 is 1.16 bits per heavy atom. The van der Waals surface area contributed by atoms with E-state index in [1.807, 2.05) is 0 Å². The molecule has 1 aliphatic heterocycles. The zero-order valence-electron chi connectivity index (χ0n) is 13.4. The van der Waals surface area contributed by atoms with Crippen LogP contribution in [-0.2, 0) is 10.0 Å². The molecular weight excluding hydrogens is 415 g/mol. The predicted octanol–water partition coefficient (Wildman–Crippen LogP) is 2.64. The number of rotatable bonds is 3. The maximum absolute atomic E-state index is 13.9. The van der Waals surface area contributed by atoms with Crippen molar-refractivity contribution in [3.8, 4) is 0 Å². The Bertz CT molecular complexity index is 905. The van der Waals surface area contributed by atoms with Crippen LogP contribution < -0.4 is 0 Å². The second-order valence-corrected chi connectivity index (χ2v) is 8.50. The normalized spacial score (nSPS) is 16.2. The van der Waals surface area contributed by atoms with Gasteiger partial charge in [-0.15, -0.1) is 0 Å². The average molecular weight is 431 g/mol. The van der Waals surface area contributed by atoms with Gasteiger partial charge in [0, 0.05) is 30.7 Å². The summed E-state index contributed by atoms with van der Waals surface area (Å²) >= 11 is 3.16. The van der Waals surface area contributed by atoms with Crippen LogP contribution in [0.4, 0.5) is 4.39 Å². The first kappa shape index (κ1) is 18.1. The van der Waals surface area contributed by atoms with Crippen molar-refractivity contribution in [1.82, 2.24) is 9.21 Å². The van der Waals surface area contributed by atoms with Gasteiger partial charge in [-0.1, -0.05) is 15.9 Å². The topological polar surface area (TPSA) is 70.8 Å². The Morgan fingerprint density at radius 3 is 2.44 bits per heavy atom. The fourth-order valence-corrected chi connectivity index (χ4v) is 4.68. The minimum Gasteiger partial charge on any atom is -0.456 e.